The minimum atomic E-state index is -0.519. The Morgan fingerprint density at radius 1 is 1.71 bits per heavy atom. The molecule has 1 fully saturated rings. The van der Waals surface area contributed by atoms with Crippen molar-refractivity contribution >= 4 is 17.5 Å². The number of pyridine rings is 1. The number of aliphatic hydroxyl groups excluding tert-OH is 1. The maximum absolute atomic E-state index is 11.2. The van der Waals surface area contributed by atoms with E-state index in [-0.39, 0.29) is 0 Å². The van der Waals surface area contributed by atoms with E-state index in [1.807, 2.05) is 0 Å². The first-order valence-corrected chi connectivity index (χ1v) is 5.76. The highest BCUT2D eigenvalue weighted by Crippen LogP contribution is 2.22. The summed E-state index contributed by atoms with van der Waals surface area (Å²) in [6, 6.07) is 3.05. The Hall–Kier alpha value is -1.17. The quantitative estimate of drug-likeness (QED) is 0.806. The third kappa shape index (κ3) is 2.74. The molecule has 2 rings (SSSR count). The number of carbonyl (C=O) groups is 1. The molecule has 6 heteroatoms. The molecule has 0 radical (unpaired) electrons. The van der Waals surface area contributed by atoms with Gasteiger partial charge in [-0.15, -0.1) is 0 Å². The number of carbonyl (C=O) groups excluding carboxylic acids is 1. The van der Waals surface area contributed by atoms with Crippen molar-refractivity contribution in [2.24, 2.45) is 5.73 Å². The summed E-state index contributed by atoms with van der Waals surface area (Å²) in [4.78, 5) is 17.2. The van der Waals surface area contributed by atoms with Gasteiger partial charge in [-0.25, -0.2) is 0 Å². The zero-order valence-electron chi connectivity index (χ0n) is 9.21. The first-order valence-electron chi connectivity index (χ1n) is 5.38. The van der Waals surface area contributed by atoms with Crippen LogP contribution >= 0.6 is 11.6 Å². The van der Waals surface area contributed by atoms with Crippen LogP contribution in [-0.2, 0) is 11.3 Å². The van der Waals surface area contributed by atoms with Crippen molar-refractivity contribution in [2.75, 3.05) is 6.54 Å². The number of hydrogen-bond donors (Lipinski definition) is 2. The topological polar surface area (TPSA) is 79.5 Å². The Morgan fingerprint density at radius 3 is 3.12 bits per heavy atom. The molecular formula is C11H14ClN3O2. The summed E-state index contributed by atoms with van der Waals surface area (Å²) in [5.74, 6) is -0.423. The van der Waals surface area contributed by atoms with Crippen LogP contribution in [0.3, 0.4) is 0 Å². The maximum atomic E-state index is 11.2. The molecule has 0 aliphatic carbocycles. The minimum absolute atomic E-state index is 0.375. The van der Waals surface area contributed by atoms with Gasteiger partial charge in [0.2, 0.25) is 5.91 Å². The van der Waals surface area contributed by atoms with Crippen LogP contribution in [-0.4, -0.2) is 39.6 Å². The monoisotopic (exact) mass is 255 g/mol. The Bertz CT molecular complexity index is 427. The molecule has 92 valence electrons. The number of halogens is 1. The molecule has 1 amide bonds. The number of β-amino-alcohol motifs (C(OH)–C–C–N with tert-alkyl or cyclic N) is 1. The third-order valence-electron chi connectivity index (χ3n) is 2.90. The Labute approximate surface area is 104 Å². The van der Waals surface area contributed by atoms with E-state index < -0.39 is 18.1 Å². The van der Waals surface area contributed by atoms with E-state index in [0.29, 0.717) is 30.2 Å². The lowest BCUT2D eigenvalue weighted by Gasteiger charge is -2.21. The van der Waals surface area contributed by atoms with Crippen LogP contribution in [0.4, 0.5) is 0 Å². The lowest BCUT2D eigenvalue weighted by Crippen LogP contribution is -2.39. The van der Waals surface area contributed by atoms with Gasteiger partial charge in [0.05, 0.1) is 22.9 Å². The molecule has 5 nitrogen and oxygen atoms in total. The standard InChI is InChI=1S/C11H14ClN3O2/c12-8-2-1-3-14-9(8)6-15-5-7(16)4-10(15)11(13)17/h1-3,7,10,16H,4-6H2,(H2,13,17)/t7-,10+/m1/s1. The van der Waals surface area contributed by atoms with Gasteiger partial charge in [-0.2, -0.15) is 0 Å². The normalized spacial score (nSPS) is 25.1. The van der Waals surface area contributed by atoms with Gasteiger partial charge in [-0.05, 0) is 18.6 Å². The predicted molar refractivity (Wildman–Crippen MR) is 63.3 cm³/mol. The fraction of sp³-hybridized carbons (Fsp3) is 0.455. The zero-order valence-corrected chi connectivity index (χ0v) is 9.97. The molecule has 0 unspecified atom stereocenters. The summed E-state index contributed by atoms with van der Waals surface area (Å²) in [5, 5.41) is 10.1. The molecule has 1 aliphatic heterocycles. The molecule has 0 spiro atoms. The molecule has 0 saturated carbocycles. The molecule has 17 heavy (non-hydrogen) atoms. The van der Waals surface area contributed by atoms with Gasteiger partial charge in [0, 0.05) is 19.3 Å². The number of nitrogens with zero attached hydrogens (tertiary/aromatic N) is 2. The second kappa shape index (κ2) is 5.00. The average molecular weight is 256 g/mol. The second-order valence-corrected chi connectivity index (χ2v) is 4.58. The molecule has 1 saturated heterocycles. The Kier molecular flexibility index (Phi) is 3.61. The summed E-state index contributed by atoms with van der Waals surface area (Å²) in [6.07, 6.45) is 1.50. The Morgan fingerprint density at radius 2 is 2.47 bits per heavy atom. The van der Waals surface area contributed by atoms with Crippen LogP contribution in [0.2, 0.25) is 5.02 Å². The lowest BCUT2D eigenvalue weighted by molar-refractivity contribution is -0.122. The highest BCUT2D eigenvalue weighted by Gasteiger charge is 2.34. The summed E-state index contributed by atoms with van der Waals surface area (Å²) in [7, 11) is 0. The van der Waals surface area contributed by atoms with E-state index in [0.717, 1.165) is 0 Å². The molecule has 1 aromatic rings. The van der Waals surface area contributed by atoms with E-state index in [2.05, 4.69) is 4.98 Å². The summed E-state index contributed by atoms with van der Waals surface area (Å²) in [5.41, 5.74) is 5.99. The van der Waals surface area contributed by atoms with Crippen molar-refractivity contribution in [3.05, 3.63) is 29.0 Å². The molecule has 0 aromatic carbocycles. The molecule has 3 N–H and O–H groups in total. The number of rotatable bonds is 3. The van der Waals surface area contributed by atoms with Gasteiger partial charge >= 0.3 is 0 Å². The number of aromatic nitrogens is 1. The fourth-order valence-corrected chi connectivity index (χ4v) is 2.26. The largest absolute Gasteiger partial charge is 0.392 e. The van der Waals surface area contributed by atoms with Crippen molar-refractivity contribution in [3.63, 3.8) is 0 Å². The third-order valence-corrected chi connectivity index (χ3v) is 3.24. The number of hydrogen-bond acceptors (Lipinski definition) is 4. The lowest BCUT2D eigenvalue weighted by atomic mass is 10.2. The van der Waals surface area contributed by atoms with Gasteiger partial charge in [0.1, 0.15) is 0 Å². The van der Waals surface area contributed by atoms with E-state index in [1.54, 1.807) is 23.2 Å². The molecule has 2 atom stereocenters. The van der Waals surface area contributed by atoms with Crippen LogP contribution in [0.25, 0.3) is 0 Å². The summed E-state index contributed by atoms with van der Waals surface area (Å²) >= 11 is 6.00. The van der Waals surface area contributed by atoms with Gasteiger partial charge in [-0.1, -0.05) is 11.6 Å². The Balaban J connectivity index is 2.13. The number of aliphatic hydroxyl groups is 1. The fourth-order valence-electron chi connectivity index (χ4n) is 2.08. The van der Waals surface area contributed by atoms with Crippen LogP contribution in [0, 0.1) is 0 Å². The molecular weight excluding hydrogens is 242 g/mol. The van der Waals surface area contributed by atoms with Crippen molar-refractivity contribution in [1.29, 1.82) is 0 Å². The van der Waals surface area contributed by atoms with Gasteiger partial charge in [-0.3, -0.25) is 14.7 Å². The van der Waals surface area contributed by atoms with Gasteiger partial charge in [0.25, 0.3) is 0 Å². The minimum Gasteiger partial charge on any atom is -0.392 e. The zero-order chi connectivity index (χ0) is 12.4. The van der Waals surface area contributed by atoms with E-state index >= 15 is 0 Å². The second-order valence-electron chi connectivity index (χ2n) is 4.17. The summed E-state index contributed by atoms with van der Waals surface area (Å²) in [6.45, 7) is 0.838. The van der Waals surface area contributed by atoms with Gasteiger partial charge in [0.15, 0.2) is 0 Å². The number of likely N-dealkylation sites (tertiary alicyclic amines) is 1. The smallest absolute Gasteiger partial charge is 0.234 e. The van der Waals surface area contributed by atoms with E-state index in [9.17, 15) is 9.90 Å². The predicted octanol–water partition coefficient (Wildman–Crippen LogP) is 0.156. The molecule has 0 bridgehead atoms. The molecule has 2 heterocycles. The van der Waals surface area contributed by atoms with Gasteiger partial charge < -0.3 is 10.8 Å². The highest BCUT2D eigenvalue weighted by molar-refractivity contribution is 6.31. The highest BCUT2D eigenvalue weighted by atomic mass is 35.5. The van der Waals surface area contributed by atoms with Crippen molar-refractivity contribution in [3.8, 4) is 0 Å². The average Bonchev–Trinajstić information content (AvgIpc) is 2.63. The summed E-state index contributed by atoms with van der Waals surface area (Å²) < 4.78 is 0. The number of primary amides is 1. The van der Waals surface area contributed by atoms with Crippen LogP contribution in [0.15, 0.2) is 18.3 Å². The first kappa shape index (κ1) is 12.3. The maximum Gasteiger partial charge on any atom is 0.234 e. The molecule has 1 aromatic heterocycles. The number of amides is 1. The van der Waals surface area contributed by atoms with Crippen LogP contribution in [0.1, 0.15) is 12.1 Å². The van der Waals surface area contributed by atoms with Crippen LogP contribution < -0.4 is 5.73 Å². The van der Waals surface area contributed by atoms with E-state index in [1.165, 1.54) is 0 Å². The van der Waals surface area contributed by atoms with Crippen LogP contribution in [0.5, 0.6) is 0 Å². The first-order chi connectivity index (χ1) is 8.08. The van der Waals surface area contributed by atoms with Crippen molar-refractivity contribution in [2.45, 2.75) is 25.1 Å². The number of nitrogens with two attached hydrogens (primary N) is 1. The SMILES string of the molecule is NC(=O)[C@@H]1C[C@@H](O)CN1Cc1ncccc1Cl. The van der Waals surface area contributed by atoms with E-state index in [4.69, 9.17) is 17.3 Å². The molecule has 1 aliphatic rings. The van der Waals surface area contributed by atoms with Crippen molar-refractivity contribution < 1.29 is 9.90 Å². The van der Waals surface area contributed by atoms with Crippen molar-refractivity contribution in [1.82, 2.24) is 9.88 Å².